The minimum atomic E-state index is -3.67. The van der Waals surface area contributed by atoms with Crippen LogP contribution in [0.2, 0.25) is 0 Å². The number of sulfone groups is 1. The van der Waals surface area contributed by atoms with E-state index >= 15 is 0 Å². The van der Waals surface area contributed by atoms with E-state index in [9.17, 15) is 18.0 Å². The summed E-state index contributed by atoms with van der Waals surface area (Å²) in [5.74, 6) is -0.188. The van der Waals surface area contributed by atoms with Gasteiger partial charge in [-0.25, -0.2) is 8.42 Å². The van der Waals surface area contributed by atoms with E-state index in [1.165, 1.54) is 23.9 Å². The zero-order chi connectivity index (χ0) is 21.0. The highest BCUT2D eigenvalue weighted by molar-refractivity contribution is 8.01. The minimum absolute atomic E-state index is 0.0839. The van der Waals surface area contributed by atoms with Gasteiger partial charge in [0, 0.05) is 17.0 Å². The van der Waals surface area contributed by atoms with Gasteiger partial charge < -0.3 is 15.4 Å². The number of hydrogen-bond donors (Lipinski definition) is 2. The van der Waals surface area contributed by atoms with Gasteiger partial charge in [-0.3, -0.25) is 9.59 Å². The Balaban J connectivity index is 1.61. The normalized spacial score (nSPS) is 15.9. The highest BCUT2D eigenvalue weighted by atomic mass is 32.2. The molecule has 2 amide bonds. The molecule has 2 aromatic rings. The van der Waals surface area contributed by atoms with Crippen molar-refractivity contribution in [3.63, 3.8) is 0 Å². The first kappa shape index (κ1) is 21.2. The average molecular weight is 435 g/mol. The van der Waals surface area contributed by atoms with E-state index in [0.717, 1.165) is 4.90 Å². The SMILES string of the molecule is CCOc1ccc(NC(=O)CCS(=O)(=O)c2ccc3c(c2)NC(=O)[C@H](C)S3)cc1. The first-order chi connectivity index (χ1) is 13.8. The predicted octanol–water partition coefficient (Wildman–Crippen LogP) is 3.32. The van der Waals surface area contributed by atoms with Crippen LogP contribution in [0.25, 0.3) is 0 Å². The fourth-order valence-electron chi connectivity index (χ4n) is 2.75. The van der Waals surface area contributed by atoms with Crippen molar-refractivity contribution in [2.75, 3.05) is 23.0 Å². The van der Waals surface area contributed by atoms with Gasteiger partial charge in [0.2, 0.25) is 11.8 Å². The monoisotopic (exact) mass is 434 g/mol. The third-order valence-corrected chi connectivity index (χ3v) is 7.18. The van der Waals surface area contributed by atoms with Crippen LogP contribution in [0.4, 0.5) is 11.4 Å². The Morgan fingerprint density at radius 1 is 1.21 bits per heavy atom. The van der Waals surface area contributed by atoms with Crippen LogP contribution in [-0.2, 0) is 19.4 Å². The highest BCUT2D eigenvalue weighted by Gasteiger charge is 2.25. The number of nitrogens with one attached hydrogen (secondary N) is 2. The highest BCUT2D eigenvalue weighted by Crippen LogP contribution is 2.36. The molecule has 0 aliphatic carbocycles. The minimum Gasteiger partial charge on any atom is -0.494 e. The van der Waals surface area contributed by atoms with E-state index < -0.39 is 15.7 Å². The summed E-state index contributed by atoms with van der Waals surface area (Å²) in [6, 6.07) is 11.5. The molecule has 0 unspecified atom stereocenters. The third-order valence-electron chi connectivity index (χ3n) is 4.29. The quantitative estimate of drug-likeness (QED) is 0.693. The lowest BCUT2D eigenvalue weighted by atomic mass is 10.3. The Labute approximate surface area is 174 Å². The van der Waals surface area contributed by atoms with Crippen LogP contribution >= 0.6 is 11.8 Å². The largest absolute Gasteiger partial charge is 0.494 e. The zero-order valence-corrected chi connectivity index (χ0v) is 17.7. The van der Waals surface area contributed by atoms with Crippen molar-refractivity contribution in [3.05, 3.63) is 42.5 Å². The fraction of sp³-hybridized carbons (Fsp3) is 0.300. The van der Waals surface area contributed by atoms with Gasteiger partial charge in [0.25, 0.3) is 0 Å². The second-order valence-electron chi connectivity index (χ2n) is 6.48. The summed E-state index contributed by atoms with van der Waals surface area (Å²) in [5, 5.41) is 5.17. The van der Waals surface area contributed by atoms with Crippen molar-refractivity contribution in [2.45, 2.75) is 35.3 Å². The molecule has 0 saturated carbocycles. The number of benzene rings is 2. The molecule has 0 saturated heterocycles. The van der Waals surface area contributed by atoms with Crippen LogP contribution in [0.3, 0.4) is 0 Å². The summed E-state index contributed by atoms with van der Waals surface area (Å²) in [5.41, 5.74) is 1.05. The number of rotatable bonds is 7. The Morgan fingerprint density at radius 3 is 2.62 bits per heavy atom. The first-order valence-electron chi connectivity index (χ1n) is 9.15. The molecule has 3 rings (SSSR count). The molecule has 0 radical (unpaired) electrons. The summed E-state index contributed by atoms with van der Waals surface area (Å²) < 4.78 is 30.6. The number of thioether (sulfide) groups is 1. The number of ether oxygens (including phenoxy) is 1. The van der Waals surface area contributed by atoms with Crippen molar-refractivity contribution in [1.82, 2.24) is 0 Å². The third kappa shape index (κ3) is 5.30. The van der Waals surface area contributed by atoms with Gasteiger partial charge in [0.15, 0.2) is 9.84 Å². The molecule has 0 aromatic heterocycles. The summed E-state index contributed by atoms with van der Waals surface area (Å²) in [7, 11) is -3.67. The molecule has 0 spiro atoms. The summed E-state index contributed by atoms with van der Waals surface area (Å²) >= 11 is 1.38. The molecule has 0 fully saturated rings. The van der Waals surface area contributed by atoms with Gasteiger partial charge in [0.05, 0.1) is 28.2 Å². The standard InChI is InChI=1S/C20H22N2O5S2/c1-3-27-15-6-4-14(5-7-15)21-19(23)10-11-29(25,26)16-8-9-18-17(12-16)22-20(24)13(2)28-18/h4-9,12-13H,3,10-11H2,1-2H3,(H,21,23)(H,22,24)/t13-/m0/s1. The zero-order valence-electron chi connectivity index (χ0n) is 16.1. The number of hydrogen-bond acceptors (Lipinski definition) is 6. The molecule has 1 heterocycles. The van der Waals surface area contributed by atoms with Crippen LogP contribution in [-0.4, -0.2) is 37.8 Å². The Kier molecular flexibility index (Phi) is 6.49. The second kappa shape index (κ2) is 8.87. The molecular formula is C20H22N2O5S2. The van der Waals surface area contributed by atoms with Gasteiger partial charge in [0.1, 0.15) is 5.75 Å². The number of carbonyl (C=O) groups excluding carboxylic acids is 2. The number of amides is 2. The number of carbonyl (C=O) groups is 2. The van der Waals surface area contributed by atoms with Crippen LogP contribution in [0, 0.1) is 0 Å². The molecule has 2 aromatic carbocycles. The van der Waals surface area contributed by atoms with Crippen LogP contribution in [0.1, 0.15) is 20.3 Å². The van der Waals surface area contributed by atoms with Gasteiger partial charge >= 0.3 is 0 Å². The van der Waals surface area contributed by atoms with Crippen molar-refractivity contribution >= 4 is 44.8 Å². The molecule has 1 aliphatic rings. The Morgan fingerprint density at radius 2 is 1.93 bits per heavy atom. The van der Waals surface area contributed by atoms with Crippen molar-refractivity contribution in [2.24, 2.45) is 0 Å². The van der Waals surface area contributed by atoms with Crippen molar-refractivity contribution < 1.29 is 22.7 Å². The lowest BCUT2D eigenvalue weighted by Crippen LogP contribution is -2.26. The first-order valence-corrected chi connectivity index (χ1v) is 11.7. The molecule has 1 aliphatic heterocycles. The van der Waals surface area contributed by atoms with E-state index in [1.807, 2.05) is 6.92 Å². The van der Waals surface area contributed by atoms with E-state index in [4.69, 9.17) is 4.74 Å². The van der Waals surface area contributed by atoms with Crippen LogP contribution < -0.4 is 15.4 Å². The second-order valence-corrected chi connectivity index (χ2v) is 9.97. The summed E-state index contributed by atoms with van der Waals surface area (Å²) in [6.07, 6.45) is -0.176. The lowest BCUT2D eigenvalue weighted by Gasteiger charge is -2.21. The summed E-state index contributed by atoms with van der Waals surface area (Å²) in [4.78, 5) is 24.9. The molecule has 7 nitrogen and oxygen atoms in total. The van der Waals surface area contributed by atoms with E-state index in [2.05, 4.69) is 10.6 Å². The van der Waals surface area contributed by atoms with Crippen molar-refractivity contribution in [1.29, 1.82) is 0 Å². The maximum atomic E-state index is 12.6. The molecule has 0 bridgehead atoms. The topological polar surface area (TPSA) is 102 Å². The average Bonchev–Trinajstić information content (AvgIpc) is 2.69. The smallest absolute Gasteiger partial charge is 0.237 e. The van der Waals surface area contributed by atoms with Crippen LogP contribution in [0.15, 0.2) is 52.3 Å². The number of anilines is 2. The maximum Gasteiger partial charge on any atom is 0.237 e. The Hall–Kier alpha value is -2.52. The molecule has 1 atom stereocenters. The number of fused-ring (bicyclic) bond motifs is 1. The predicted molar refractivity (Wildman–Crippen MR) is 113 cm³/mol. The lowest BCUT2D eigenvalue weighted by molar-refractivity contribution is -0.116. The van der Waals surface area contributed by atoms with Gasteiger partial charge in [-0.15, -0.1) is 11.8 Å². The molecule has 29 heavy (non-hydrogen) atoms. The summed E-state index contributed by atoms with van der Waals surface area (Å²) in [6.45, 7) is 4.22. The molecule has 154 valence electrons. The fourth-order valence-corrected chi connectivity index (χ4v) is 4.94. The van der Waals surface area contributed by atoms with Crippen LogP contribution in [0.5, 0.6) is 5.75 Å². The van der Waals surface area contributed by atoms with E-state index in [0.29, 0.717) is 23.7 Å². The maximum absolute atomic E-state index is 12.6. The Bertz CT molecular complexity index is 1020. The molecule has 9 heteroatoms. The van der Waals surface area contributed by atoms with Gasteiger partial charge in [-0.1, -0.05) is 0 Å². The molecular weight excluding hydrogens is 412 g/mol. The van der Waals surface area contributed by atoms with E-state index in [1.54, 1.807) is 37.3 Å². The van der Waals surface area contributed by atoms with Crippen molar-refractivity contribution in [3.8, 4) is 5.75 Å². The van der Waals surface area contributed by atoms with Gasteiger partial charge in [-0.05, 0) is 56.3 Å². The van der Waals surface area contributed by atoms with E-state index in [-0.39, 0.29) is 28.2 Å². The molecule has 2 N–H and O–H groups in total. The van der Waals surface area contributed by atoms with Gasteiger partial charge in [-0.2, -0.15) is 0 Å².